The van der Waals surface area contributed by atoms with Gasteiger partial charge in [0.2, 0.25) is 0 Å². The van der Waals surface area contributed by atoms with Gasteiger partial charge in [0.25, 0.3) is 0 Å². The minimum absolute atomic E-state index is 0.375. The Morgan fingerprint density at radius 1 is 1.04 bits per heavy atom. The number of aromatic amines is 1. The molecule has 0 unspecified atom stereocenters. The Labute approximate surface area is 148 Å². The van der Waals surface area contributed by atoms with E-state index in [0.29, 0.717) is 17.3 Å². The zero-order valence-corrected chi connectivity index (χ0v) is 14.0. The summed E-state index contributed by atoms with van der Waals surface area (Å²) in [5.41, 5.74) is 2.09. The van der Waals surface area contributed by atoms with Gasteiger partial charge in [-0.3, -0.25) is 0 Å². The molecule has 0 fully saturated rings. The molecular formula is C18H16F3N3S. The third kappa shape index (κ3) is 4.30. The van der Waals surface area contributed by atoms with Crippen LogP contribution in [0.3, 0.4) is 0 Å². The number of rotatable bonds is 4. The van der Waals surface area contributed by atoms with Crippen molar-refractivity contribution >= 4 is 33.9 Å². The van der Waals surface area contributed by atoms with Crippen molar-refractivity contribution in [2.24, 2.45) is 0 Å². The van der Waals surface area contributed by atoms with Gasteiger partial charge in [0.05, 0.1) is 5.56 Å². The van der Waals surface area contributed by atoms with Crippen LogP contribution in [-0.2, 0) is 12.6 Å². The maximum absolute atomic E-state index is 12.5. The lowest BCUT2D eigenvalue weighted by Gasteiger charge is -2.11. The number of para-hydroxylation sites is 1. The highest BCUT2D eigenvalue weighted by molar-refractivity contribution is 7.80. The highest BCUT2D eigenvalue weighted by Gasteiger charge is 2.29. The molecule has 0 saturated heterocycles. The summed E-state index contributed by atoms with van der Waals surface area (Å²) in [5.74, 6) is 0. The molecule has 3 nitrogen and oxygen atoms in total. The number of thiocarbonyl (C=S) groups is 1. The van der Waals surface area contributed by atoms with Gasteiger partial charge in [0.15, 0.2) is 5.11 Å². The Balaban J connectivity index is 1.51. The molecular weight excluding hydrogens is 347 g/mol. The summed E-state index contributed by atoms with van der Waals surface area (Å²) in [5, 5.41) is 7.49. The van der Waals surface area contributed by atoms with Gasteiger partial charge in [-0.2, -0.15) is 13.2 Å². The fourth-order valence-electron chi connectivity index (χ4n) is 2.57. The van der Waals surface area contributed by atoms with E-state index in [2.05, 4.69) is 21.7 Å². The molecule has 0 aliphatic rings. The highest BCUT2D eigenvalue weighted by atomic mass is 32.1. The second-order valence-electron chi connectivity index (χ2n) is 5.57. The molecule has 2 aromatic carbocycles. The maximum atomic E-state index is 12.5. The number of anilines is 1. The number of hydrogen-bond acceptors (Lipinski definition) is 1. The number of aromatic nitrogens is 1. The lowest BCUT2D eigenvalue weighted by molar-refractivity contribution is -0.137. The van der Waals surface area contributed by atoms with E-state index in [0.717, 1.165) is 24.1 Å². The van der Waals surface area contributed by atoms with Crippen LogP contribution in [-0.4, -0.2) is 16.6 Å². The molecule has 0 saturated carbocycles. The molecule has 0 spiro atoms. The minimum atomic E-state index is -4.34. The molecule has 0 bridgehead atoms. The summed E-state index contributed by atoms with van der Waals surface area (Å²) >= 11 is 5.18. The van der Waals surface area contributed by atoms with E-state index in [1.807, 2.05) is 24.4 Å². The molecule has 1 heterocycles. The van der Waals surface area contributed by atoms with Crippen LogP contribution >= 0.6 is 12.2 Å². The topological polar surface area (TPSA) is 39.8 Å². The average Bonchev–Trinajstić information content (AvgIpc) is 2.98. The van der Waals surface area contributed by atoms with Crippen molar-refractivity contribution in [1.29, 1.82) is 0 Å². The molecule has 130 valence electrons. The first-order valence-electron chi connectivity index (χ1n) is 7.70. The van der Waals surface area contributed by atoms with Crippen molar-refractivity contribution in [1.82, 2.24) is 10.3 Å². The van der Waals surface area contributed by atoms with E-state index in [9.17, 15) is 13.2 Å². The summed E-state index contributed by atoms with van der Waals surface area (Å²) in [6, 6.07) is 12.8. The third-order valence-corrected chi connectivity index (χ3v) is 4.07. The molecule has 0 amide bonds. The normalized spacial score (nSPS) is 11.5. The van der Waals surface area contributed by atoms with E-state index >= 15 is 0 Å². The van der Waals surface area contributed by atoms with Crippen molar-refractivity contribution in [2.75, 3.05) is 11.9 Å². The van der Waals surface area contributed by atoms with Gasteiger partial charge in [-0.15, -0.1) is 0 Å². The fraction of sp³-hybridized carbons (Fsp3) is 0.167. The molecule has 7 heteroatoms. The van der Waals surface area contributed by atoms with Crippen molar-refractivity contribution in [3.63, 3.8) is 0 Å². The van der Waals surface area contributed by atoms with Crippen LogP contribution in [0, 0.1) is 0 Å². The van der Waals surface area contributed by atoms with Crippen LogP contribution in [0.4, 0.5) is 18.9 Å². The van der Waals surface area contributed by atoms with Crippen LogP contribution in [0.2, 0.25) is 0 Å². The van der Waals surface area contributed by atoms with E-state index in [1.165, 1.54) is 23.1 Å². The molecule has 3 rings (SSSR count). The average molecular weight is 363 g/mol. The van der Waals surface area contributed by atoms with Crippen LogP contribution in [0.15, 0.2) is 54.7 Å². The monoisotopic (exact) mass is 363 g/mol. The first-order chi connectivity index (χ1) is 11.9. The SMILES string of the molecule is FC(F)(F)c1ccc(NC(=S)NCCc2c[nH]c3ccccc23)cc1. The predicted octanol–water partition coefficient (Wildman–Crippen LogP) is 4.72. The largest absolute Gasteiger partial charge is 0.416 e. The van der Waals surface area contributed by atoms with Gasteiger partial charge in [-0.05, 0) is 54.5 Å². The van der Waals surface area contributed by atoms with Gasteiger partial charge in [-0.25, -0.2) is 0 Å². The van der Waals surface area contributed by atoms with Crippen molar-refractivity contribution in [3.8, 4) is 0 Å². The molecule has 0 atom stereocenters. The number of alkyl halides is 3. The summed E-state index contributed by atoms with van der Waals surface area (Å²) in [6.45, 7) is 0.619. The Hall–Kier alpha value is -2.54. The van der Waals surface area contributed by atoms with Gasteiger partial charge in [-0.1, -0.05) is 18.2 Å². The van der Waals surface area contributed by atoms with Crippen molar-refractivity contribution < 1.29 is 13.2 Å². The second kappa shape index (κ2) is 7.14. The smallest absolute Gasteiger partial charge is 0.362 e. The van der Waals surface area contributed by atoms with Gasteiger partial charge in [0, 0.05) is 29.3 Å². The number of H-pyrrole nitrogens is 1. The highest BCUT2D eigenvalue weighted by Crippen LogP contribution is 2.29. The third-order valence-electron chi connectivity index (χ3n) is 3.82. The Morgan fingerprint density at radius 2 is 1.76 bits per heavy atom. The van der Waals surface area contributed by atoms with Crippen LogP contribution in [0.1, 0.15) is 11.1 Å². The van der Waals surface area contributed by atoms with Crippen LogP contribution in [0.5, 0.6) is 0 Å². The Bertz CT molecular complexity index is 869. The van der Waals surface area contributed by atoms with Gasteiger partial charge in [0.1, 0.15) is 0 Å². The standard InChI is InChI=1S/C18H16F3N3S/c19-18(20,21)13-5-7-14(8-6-13)24-17(25)22-10-9-12-11-23-16-4-2-1-3-15(12)16/h1-8,11,23H,9-10H2,(H2,22,24,25). The number of benzene rings is 2. The first kappa shape index (κ1) is 17.3. The first-order valence-corrected chi connectivity index (χ1v) is 8.11. The fourth-order valence-corrected chi connectivity index (χ4v) is 2.79. The molecule has 1 aromatic heterocycles. The number of hydrogen-bond donors (Lipinski definition) is 3. The molecule has 3 aromatic rings. The Kier molecular flexibility index (Phi) is 4.94. The van der Waals surface area contributed by atoms with E-state index in [1.54, 1.807) is 0 Å². The zero-order chi connectivity index (χ0) is 17.9. The quantitative estimate of drug-likeness (QED) is 0.588. The van der Waals surface area contributed by atoms with Gasteiger partial charge >= 0.3 is 6.18 Å². The minimum Gasteiger partial charge on any atom is -0.362 e. The predicted molar refractivity (Wildman–Crippen MR) is 97.7 cm³/mol. The zero-order valence-electron chi connectivity index (χ0n) is 13.2. The summed E-state index contributed by atoms with van der Waals surface area (Å²) in [4.78, 5) is 3.22. The van der Waals surface area contributed by atoms with Crippen LogP contribution in [0.25, 0.3) is 10.9 Å². The summed E-state index contributed by atoms with van der Waals surface area (Å²) in [6.07, 6.45) is -1.59. The molecule has 0 aliphatic heterocycles. The van der Waals surface area contributed by atoms with Crippen LogP contribution < -0.4 is 10.6 Å². The van der Waals surface area contributed by atoms with E-state index in [4.69, 9.17) is 12.2 Å². The number of halogens is 3. The molecule has 0 aliphatic carbocycles. The van der Waals surface area contributed by atoms with Crippen molar-refractivity contribution in [2.45, 2.75) is 12.6 Å². The van der Waals surface area contributed by atoms with E-state index < -0.39 is 11.7 Å². The second-order valence-corrected chi connectivity index (χ2v) is 5.97. The summed E-state index contributed by atoms with van der Waals surface area (Å²) in [7, 11) is 0. The van der Waals surface area contributed by atoms with Crippen molar-refractivity contribution in [3.05, 3.63) is 65.9 Å². The summed E-state index contributed by atoms with van der Waals surface area (Å²) < 4.78 is 37.6. The lowest BCUT2D eigenvalue weighted by atomic mass is 10.1. The molecule has 3 N–H and O–H groups in total. The lowest BCUT2D eigenvalue weighted by Crippen LogP contribution is -2.30. The van der Waals surface area contributed by atoms with E-state index in [-0.39, 0.29) is 0 Å². The number of nitrogens with one attached hydrogen (secondary N) is 3. The Morgan fingerprint density at radius 3 is 2.48 bits per heavy atom. The maximum Gasteiger partial charge on any atom is 0.416 e. The number of fused-ring (bicyclic) bond motifs is 1. The molecule has 25 heavy (non-hydrogen) atoms. The molecule has 0 radical (unpaired) electrons. The van der Waals surface area contributed by atoms with Gasteiger partial charge < -0.3 is 15.6 Å².